The van der Waals surface area contributed by atoms with Gasteiger partial charge in [-0.3, -0.25) is 0 Å². The van der Waals surface area contributed by atoms with E-state index in [1.54, 1.807) is 0 Å². The van der Waals surface area contributed by atoms with Crippen molar-refractivity contribution >= 4 is 53.7 Å². The van der Waals surface area contributed by atoms with Gasteiger partial charge in [0.05, 0.1) is 0 Å². The van der Waals surface area contributed by atoms with E-state index in [0.29, 0.717) is 0 Å². The Kier molecular flexibility index (Phi) is 33.8. The summed E-state index contributed by atoms with van der Waals surface area (Å²) in [5.41, 5.74) is 0. The zero-order valence-electron chi connectivity index (χ0n) is 2.22. The molecule has 0 aromatic heterocycles. The van der Waals surface area contributed by atoms with Crippen LogP contribution in [0.5, 0.6) is 0 Å². The van der Waals surface area contributed by atoms with Crippen molar-refractivity contribution in [3.05, 3.63) is 0 Å². The topological polar surface area (TPSA) is 0 Å². The van der Waals surface area contributed by atoms with Crippen molar-refractivity contribution in [2.24, 2.45) is 0 Å². The van der Waals surface area contributed by atoms with Crippen LogP contribution >= 0.6 is 22.9 Å². The van der Waals surface area contributed by atoms with E-state index < -0.39 is 30.8 Å². The summed E-state index contributed by atoms with van der Waals surface area (Å²) in [6.07, 6.45) is 9.90. The molecule has 0 aromatic carbocycles. The summed E-state index contributed by atoms with van der Waals surface area (Å²) < 4.78 is 0. The molecule has 0 saturated carbocycles. The minimum atomic E-state index is -0.931. The molecule has 0 aliphatic heterocycles. The van der Waals surface area contributed by atoms with Crippen LogP contribution < -0.4 is 0 Å². The molecule has 0 aromatic rings. The first-order chi connectivity index (χ1) is 2.41. The van der Waals surface area contributed by atoms with Crippen molar-refractivity contribution in [3.63, 3.8) is 0 Å². The Bertz CT molecular complexity index is 6.85. The normalized spacial score (nSPS) is 3.20. The Morgan fingerprint density at radius 3 is 1.20 bits per heavy atom. The van der Waals surface area contributed by atoms with Gasteiger partial charge < -0.3 is 0 Å². The number of rotatable bonds is 0. The molecule has 0 unspecified atom stereocenters. The zero-order valence-corrected chi connectivity index (χ0v) is 7.88. The third-order valence-electron chi connectivity index (χ3n) is 0. The fraction of sp³-hybridized carbons (Fsp3) is 0. The Morgan fingerprint density at radius 2 is 1.20 bits per heavy atom. The van der Waals surface area contributed by atoms with Crippen molar-refractivity contribution in [1.29, 1.82) is 0 Å². The minimum absolute atomic E-state index is 0.931. The van der Waals surface area contributed by atoms with Crippen LogP contribution in [0, 0.1) is 0 Å². The van der Waals surface area contributed by atoms with E-state index in [2.05, 4.69) is 25.2 Å². The van der Waals surface area contributed by atoms with Crippen LogP contribution in [0.2, 0.25) is 0 Å². The Hall–Kier alpha value is 2.65. The van der Waals surface area contributed by atoms with Gasteiger partial charge >= 0.3 is 68.8 Å². The second-order valence-corrected chi connectivity index (χ2v) is 3.75. The molecule has 0 amide bonds. The third kappa shape index (κ3) is 20.5. The van der Waals surface area contributed by atoms with Crippen LogP contribution in [-0.2, 0) is 15.1 Å². The average molecular weight is 201 g/mol. The molecule has 30 valence electrons. The molecular formula is CaCl3Mn. The van der Waals surface area contributed by atoms with Gasteiger partial charge in [0.2, 0.25) is 0 Å². The molecule has 0 atom stereocenters. The summed E-state index contributed by atoms with van der Waals surface area (Å²) in [6, 6.07) is 0. The number of hydrogen-bond donors (Lipinski definition) is 0. The average Bonchev–Trinajstić information content (AvgIpc) is 1.46. The van der Waals surface area contributed by atoms with Crippen LogP contribution in [0.3, 0.4) is 0 Å². The van der Waals surface area contributed by atoms with Crippen molar-refractivity contribution < 1.29 is 15.1 Å². The molecule has 0 bridgehead atoms. The van der Waals surface area contributed by atoms with Crippen molar-refractivity contribution in [2.45, 2.75) is 0 Å². The van der Waals surface area contributed by atoms with Gasteiger partial charge in [-0.2, -0.15) is 0 Å². The van der Waals surface area contributed by atoms with Crippen molar-refractivity contribution in [3.8, 4) is 0 Å². The van der Waals surface area contributed by atoms with Crippen LogP contribution in [-0.4, -0.2) is 30.8 Å². The van der Waals surface area contributed by atoms with Gasteiger partial charge in [-0.25, -0.2) is 0 Å². The first-order valence-electron chi connectivity index (χ1n) is 0.677. The molecule has 0 nitrogen and oxygen atoms in total. The van der Waals surface area contributed by atoms with Gasteiger partial charge in [0.25, 0.3) is 0 Å². The van der Waals surface area contributed by atoms with Crippen LogP contribution in [0.4, 0.5) is 0 Å². The summed E-state index contributed by atoms with van der Waals surface area (Å²) in [5.74, 6) is 0. The van der Waals surface area contributed by atoms with Crippen LogP contribution in [0.15, 0.2) is 0 Å². The first-order valence-corrected chi connectivity index (χ1v) is 8.38. The number of halogens is 3. The maximum atomic E-state index is 4.95. The molecule has 0 N–H and O–H groups in total. The fourth-order valence-electron chi connectivity index (χ4n) is 0. The van der Waals surface area contributed by atoms with Crippen LogP contribution in [0.25, 0.3) is 0 Å². The monoisotopic (exact) mass is 200 g/mol. The van der Waals surface area contributed by atoms with E-state index in [1.807, 2.05) is 0 Å². The van der Waals surface area contributed by atoms with Gasteiger partial charge in [0.1, 0.15) is 0 Å². The SMILES string of the molecule is [Cl][Ca][Cl].[Cl][Mn]. The Balaban J connectivity index is 0. The quantitative estimate of drug-likeness (QED) is 0.523. The van der Waals surface area contributed by atoms with Gasteiger partial charge in [0.15, 0.2) is 0 Å². The number of hydrogen-bond acceptors (Lipinski definition) is 0. The fourth-order valence-corrected chi connectivity index (χ4v) is 0. The van der Waals surface area contributed by atoms with Gasteiger partial charge in [0, 0.05) is 0 Å². The van der Waals surface area contributed by atoms with E-state index in [9.17, 15) is 0 Å². The van der Waals surface area contributed by atoms with Crippen LogP contribution in [0.1, 0.15) is 0 Å². The van der Waals surface area contributed by atoms with Gasteiger partial charge in [-0.1, -0.05) is 0 Å². The molecular weight excluding hydrogens is 201 g/mol. The first kappa shape index (κ1) is 10.6. The summed E-state index contributed by atoms with van der Waals surface area (Å²) in [4.78, 5) is 0. The molecule has 0 heterocycles. The maximum absolute atomic E-state index is 4.95. The summed E-state index contributed by atoms with van der Waals surface area (Å²) >= 11 is 1.48. The Labute approximate surface area is 67.3 Å². The molecule has 0 rings (SSSR count). The molecule has 0 fully saturated rings. The Morgan fingerprint density at radius 1 is 1.20 bits per heavy atom. The van der Waals surface area contributed by atoms with Gasteiger partial charge in [-0.05, 0) is 0 Å². The van der Waals surface area contributed by atoms with E-state index >= 15 is 0 Å². The molecule has 0 aliphatic carbocycles. The predicted octanol–water partition coefficient (Wildman–Crippen LogP) is 1.69. The molecule has 0 radical (unpaired) electrons. The predicted molar refractivity (Wildman–Crippen MR) is 23.3 cm³/mol. The van der Waals surface area contributed by atoms with E-state index in [4.69, 9.17) is 12.8 Å². The standard InChI is InChI=1S/Ca.3ClH.Mn/h;3*1H;/q+2;;;;+1/p-3. The van der Waals surface area contributed by atoms with E-state index in [1.165, 1.54) is 0 Å². The molecule has 0 spiro atoms. The molecule has 5 heteroatoms. The summed E-state index contributed by atoms with van der Waals surface area (Å²) in [7, 11) is 4.45. The second kappa shape index (κ2) is 15.9. The third-order valence-corrected chi connectivity index (χ3v) is 0. The van der Waals surface area contributed by atoms with Crippen molar-refractivity contribution in [2.75, 3.05) is 0 Å². The molecule has 0 saturated heterocycles. The van der Waals surface area contributed by atoms with Gasteiger partial charge in [-0.15, -0.1) is 0 Å². The van der Waals surface area contributed by atoms with E-state index in [0.717, 1.165) is 0 Å². The summed E-state index contributed by atoms with van der Waals surface area (Å²) in [6.45, 7) is 0. The molecule has 5 heavy (non-hydrogen) atoms. The summed E-state index contributed by atoms with van der Waals surface area (Å²) in [5, 5.41) is 0. The van der Waals surface area contributed by atoms with Crippen molar-refractivity contribution in [1.82, 2.24) is 0 Å². The van der Waals surface area contributed by atoms with E-state index in [-0.39, 0.29) is 0 Å². The zero-order chi connectivity index (χ0) is 4.71. The molecule has 0 aliphatic rings. The second-order valence-electron chi connectivity index (χ2n) is 0.101.